The maximum Gasteiger partial charge on any atom is 0.260 e. The van der Waals surface area contributed by atoms with Crippen LogP contribution in [0, 0.1) is 0 Å². The van der Waals surface area contributed by atoms with Crippen molar-refractivity contribution < 1.29 is 18.8 Å². The van der Waals surface area contributed by atoms with E-state index >= 15 is 0 Å². The number of carbonyl (C=O) groups excluding carboxylic acids is 2. The number of hydrogen-bond donors (Lipinski definition) is 1. The first-order chi connectivity index (χ1) is 14.6. The summed E-state index contributed by atoms with van der Waals surface area (Å²) in [6, 6.07) is 10.3. The van der Waals surface area contributed by atoms with Crippen molar-refractivity contribution >= 4 is 23.2 Å². The molecule has 0 radical (unpaired) electrons. The molecular formula is C20H21N5O4S. The Kier molecular flexibility index (Phi) is 6.05. The van der Waals surface area contributed by atoms with Crippen LogP contribution in [0.4, 0.5) is 0 Å². The topological polar surface area (TPSA) is 115 Å². The second-order valence-corrected chi connectivity index (χ2v) is 7.77. The van der Waals surface area contributed by atoms with Gasteiger partial charge < -0.3 is 19.9 Å². The summed E-state index contributed by atoms with van der Waals surface area (Å²) < 4.78 is 10.9. The summed E-state index contributed by atoms with van der Waals surface area (Å²) in [5, 5.41) is 6.00. The number of rotatable bonds is 7. The Morgan fingerprint density at radius 2 is 1.90 bits per heavy atom. The summed E-state index contributed by atoms with van der Waals surface area (Å²) >= 11 is 1.57. The highest BCUT2D eigenvalue weighted by atomic mass is 32.1. The highest BCUT2D eigenvalue weighted by Gasteiger charge is 2.23. The standard InChI is InChI=1S/C20H21N5O4S/c21-19(27)14-3-5-15(6-4-14)28-13-18(26)25-9-7-24(8-10-25)12-17-22-20(23-29-17)16-2-1-11-30-16/h1-6,11H,7-10,12-13H2,(H2,21,27). The van der Waals surface area contributed by atoms with Gasteiger partial charge in [-0.25, -0.2) is 0 Å². The molecule has 1 aliphatic heterocycles. The highest BCUT2D eigenvalue weighted by molar-refractivity contribution is 7.13. The van der Waals surface area contributed by atoms with Gasteiger partial charge in [0.25, 0.3) is 5.91 Å². The second-order valence-electron chi connectivity index (χ2n) is 6.82. The average Bonchev–Trinajstić information content (AvgIpc) is 3.45. The average molecular weight is 427 g/mol. The molecule has 1 aromatic carbocycles. The fourth-order valence-corrected chi connectivity index (χ4v) is 3.77. The van der Waals surface area contributed by atoms with Crippen molar-refractivity contribution in [3.63, 3.8) is 0 Å². The van der Waals surface area contributed by atoms with Crippen molar-refractivity contribution in [2.45, 2.75) is 6.54 Å². The van der Waals surface area contributed by atoms with Crippen LogP contribution in [0.15, 0.2) is 46.3 Å². The van der Waals surface area contributed by atoms with E-state index in [0.29, 0.717) is 42.7 Å². The number of carbonyl (C=O) groups is 2. The van der Waals surface area contributed by atoms with Crippen LogP contribution in [-0.4, -0.2) is 64.5 Å². The first kappa shape index (κ1) is 20.0. The molecule has 0 atom stereocenters. The van der Waals surface area contributed by atoms with Gasteiger partial charge in [-0.15, -0.1) is 11.3 Å². The minimum absolute atomic E-state index is 0.0518. The molecule has 4 rings (SSSR count). The zero-order chi connectivity index (χ0) is 20.9. The first-order valence-electron chi connectivity index (χ1n) is 9.48. The van der Waals surface area contributed by atoms with Gasteiger partial charge in [0, 0.05) is 31.7 Å². The second kappa shape index (κ2) is 9.06. The molecule has 0 bridgehead atoms. The fourth-order valence-electron chi connectivity index (χ4n) is 3.12. The molecule has 1 saturated heterocycles. The van der Waals surface area contributed by atoms with Gasteiger partial charge in [0.15, 0.2) is 6.61 Å². The summed E-state index contributed by atoms with van der Waals surface area (Å²) in [6.07, 6.45) is 0. The van der Waals surface area contributed by atoms with E-state index in [2.05, 4.69) is 15.0 Å². The summed E-state index contributed by atoms with van der Waals surface area (Å²) in [4.78, 5) is 32.9. The Morgan fingerprint density at radius 1 is 1.13 bits per heavy atom. The van der Waals surface area contributed by atoms with Crippen LogP contribution < -0.4 is 10.5 Å². The third-order valence-corrected chi connectivity index (χ3v) is 5.66. The van der Waals surface area contributed by atoms with E-state index in [1.54, 1.807) is 40.5 Å². The minimum Gasteiger partial charge on any atom is -0.484 e. The molecule has 1 fully saturated rings. The van der Waals surface area contributed by atoms with Gasteiger partial charge in [0.2, 0.25) is 17.6 Å². The van der Waals surface area contributed by atoms with Gasteiger partial charge in [-0.05, 0) is 35.7 Å². The molecule has 30 heavy (non-hydrogen) atoms. The van der Waals surface area contributed by atoms with Gasteiger partial charge in [0.1, 0.15) is 5.75 Å². The summed E-state index contributed by atoms with van der Waals surface area (Å²) in [6.45, 7) is 3.15. The number of piperazine rings is 1. The number of benzene rings is 1. The molecule has 2 amide bonds. The predicted molar refractivity (Wildman–Crippen MR) is 110 cm³/mol. The summed E-state index contributed by atoms with van der Waals surface area (Å²) in [5.74, 6) is 1.12. The monoisotopic (exact) mass is 427 g/mol. The van der Waals surface area contributed by atoms with E-state index in [0.717, 1.165) is 18.0 Å². The lowest BCUT2D eigenvalue weighted by molar-refractivity contribution is -0.135. The van der Waals surface area contributed by atoms with Gasteiger partial charge in [-0.3, -0.25) is 14.5 Å². The Labute approximate surface area is 177 Å². The molecule has 3 heterocycles. The Balaban J connectivity index is 1.22. The van der Waals surface area contributed by atoms with Crippen molar-refractivity contribution in [1.29, 1.82) is 0 Å². The maximum absolute atomic E-state index is 12.4. The van der Waals surface area contributed by atoms with E-state index in [1.807, 2.05) is 17.5 Å². The van der Waals surface area contributed by atoms with Crippen LogP contribution in [0.1, 0.15) is 16.2 Å². The lowest BCUT2D eigenvalue weighted by atomic mass is 10.2. The van der Waals surface area contributed by atoms with Crippen LogP contribution >= 0.6 is 11.3 Å². The molecule has 2 N–H and O–H groups in total. The van der Waals surface area contributed by atoms with E-state index in [4.69, 9.17) is 15.0 Å². The van der Waals surface area contributed by atoms with Crippen LogP contribution in [0.3, 0.4) is 0 Å². The normalized spacial score (nSPS) is 14.6. The van der Waals surface area contributed by atoms with Gasteiger partial charge in [-0.2, -0.15) is 4.98 Å². The van der Waals surface area contributed by atoms with E-state index in [-0.39, 0.29) is 12.5 Å². The smallest absolute Gasteiger partial charge is 0.260 e. The minimum atomic E-state index is -0.501. The van der Waals surface area contributed by atoms with Crippen molar-refractivity contribution in [3.8, 4) is 16.5 Å². The van der Waals surface area contributed by atoms with Crippen LogP contribution in [0.2, 0.25) is 0 Å². The Morgan fingerprint density at radius 3 is 2.57 bits per heavy atom. The predicted octanol–water partition coefficient (Wildman–Crippen LogP) is 1.62. The molecular weight excluding hydrogens is 406 g/mol. The van der Waals surface area contributed by atoms with Crippen molar-refractivity contribution in [2.75, 3.05) is 32.8 Å². The number of nitrogens with two attached hydrogens (primary N) is 1. The molecule has 3 aromatic rings. The lowest BCUT2D eigenvalue weighted by Gasteiger charge is -2.33. The molecule has 10 heteroatoms. The summed E-state index contributed by atoms with van der Waals surface area (Å²) in [7, 11) is 0. The lowest BCUT2D eigenvalue weighted by Crippen LogP contribution is -2.49. The SMILES string of the molecule is NC(=O)c1ccc(OCC(=O)N2CCN(Cc3nc(-c4cccs4)no3)CC2)cc1. The van der Waals surface area contributed by atoms with Crippen LogP contribution in [-0.2, 0) is 11.3 Å². The van der Waals surface area contributed by atoms with E-state index in [1.165, 1.54) is 0 Å². The van der Waals surface area contributed by atoms with Gasteiger partial charge in [0.05, 0.1) is 11.4 Å². The number of aromatic nitrogens is 2. The first-order valence-corrected chi connectivity index (χ1v) is 10.4. The molecule has 0 saturated carbocycles. The number of nitrogens with zero attached hydrogens (tertiary/aromatic N) is 4. The van der Waals surface area contributed by atoms with E-state index < -0.39 is 5.91 Å². The molecule has 0 spiro atoms. The van der Waals surface area contributed by atoms with Crippen molar-refractivity contribution in [3.05, 3.63) is 53.2 Å². The number of hydrogen-bond acceptors (Lipinski definition) is 8. The van der Waals surface area contributed by atoms with Gasteiger partial charge >= 0.3 is 0 Å². The zero-order valence-electron chi connectivity index (χ0n) is 16.2. The fraction of sp³-hybridized carbons (Fsp3) is 0.300. The Hall–Kier alpha value is -3.24. The quantitative estimate of drug-likeness (QED) is 0.609. The number of thiophene rings is 1. The van der Waals surface area contributed by atoms with Crippen molar-refractivity contribution in [1.82, 2.24) is 19.9 Å². The number of ether oxygens (including phenoxy) is 1. The largest absolute Gasteiger partial charge is 0.484 e. The van der Waals surface area contributed by atoms with Crippen LogP contribution in [0.5, 0.6) is 5.75 Å². The number of amides is 2. The van der Waals surface area contributed by atoms with Crippen molar-refractivity contribution in [2.24, 2.45) is 5.73 Å². The molecule has 1 aliphatic rings. The van der Waals surface area contributed by atoms with E-state index in [9.17, 15) is 9.59 Å². The molecule has 156 valence electrons. The highest BCUT2D eigenvalue weighted by Crippen LogP contribution is 2.21. The maximum atomic E-state index is 12.4. The molecule has 0 aliphatic carbocycles. The Bertz CT molecular complexity index is 995. The third kappa shape index (κ3) is 4.84. The molecule has 0 unspecified atom stereocenters. The van der Waals surface area contributed by atoms with Gasteiger partial charge in [-0.1, -0.05) is 11.2 Å². The molecule has 9 nitrogen and oxygen atoms in total. The molecule has 2 aromatic heterocycles. The van der Waals surface area contributed by atoms with Crippen LogP contribution in [0.25, 0.3) is 10.7 Å². The number of primary amides is 1. The third-order valence-electron chi connectivity index (χ3n) is 4.79. The summed E-state index contributed by atoms with van der Waals surface area (Å²) in [5.41, 5.74) is 5.61. The zero-order valence-corrected chi connectivity index (χ0v) is 17.0.